The van der Waals surface area contributed by atoms with Crippen LogP contribution in [0.2, 0.25) is 0 Å². The number of nitriles is 1. The number of carbonyl (C=O) groups is 1. The van der Waals surface area contributed by atoms with Gasteiger partial charge in [-0.15, -0.1) is 0 Å². The molecule has 0 spiro atoms. The molecule has 0 radical (unpaired) electrons. The lowest BCUT2D eigenvalue weighted by Crippen LogP contribution is -2.44. The minimum Gasteiger partial charge on any atom is -0.470 e. The number of amides is 1. The molecule has 26 heavy (non-hydrogen) atoms. The first kappa shape index (κ1) is 17.7. The molecule has 1 aliphatic heterocycles. The van der Waals surface area contributed by atoms with Crippen molar-refractivity contribution < 1.29 is 9.53 Å². The van der Waals surface area contributed by atoms with Crippen LogP contribution in [0.3, 0.4) is 0 Å². The fourth-order valence-electron chi connectivity index (χ4n) is 2.99. The van der Waals surface area contributed by atoms with Crippen molar-refractivity contribution in [2.24, 2.45) is 0 Å². The molecule has 134 valence electrons. The number of hydrogen-bond acceptors (Lipinski definition) is 6. The molecular formula is C19H21N5O2. The van der Waals surface area contributed by atoms with Crippen molar-refractivity contribution in [3.63, 3.8) is 0 Å². The molecule has 2 aromatic rings. The second-order valence-corrected chi connectivity index (χ2v) is 6.41. The molecule has 1 amide bonds. The molecular weight excluding hydrogens is 330 g/mol. The van der Waals surface area contributed by atoms with Crippen LogP contribution < -0.4 is 9.64 Å². The quantitative estimate of drug-likeness (QED) is 0.839. The number of ether oxygens (including phenoxy) is 1. The number of carbonyl (C=O) groups excluding carboxylic acids is 1. The number of nitrogens with zero attached hydrogens (tertiary/aromatic N) is 5. The maximum Gasteiger partial charge on any atom is 0.257 e. The summed E-state index contributed by atoms with van der Waals surface area (Å²) in [5.41, 5.74) is 1.01. The number of hydrogen-bond donors (Lipinski definition) is 0. The fourth-order valence-corrected chi connectivity index (χ4v) is 2.99. The van der Waals surface area contributed by atoms with Crippen LogP contribution in [0.4, 0.5) is 5.82 Å². The molecule has 0 bridgehead atoms. The van der Waals surface area contributed by atoms with Gasteiger partial charge in [0.05, 0.1) is 18.2 Å². The van der Waals surface area contributed by atoms with Gasteiger partial charge in [-0.1, -0.05) is 6.07 Å². The van der Waals surface area contributed by atoms with E-state index in [9.17, 15) is 4.79 Å². The number of benzene rings is 1. The second kappa shape index (κ2) is 7.83. The van der Waals surface area contributed by atoms with Gasteiger partial charge in [-0.2, -0.15) is 5.26 Å². The molecule has 7 heteroatoms. The molecule has 1 fully saturated rings. The van der Waals surface area contributed by atoms with Gasteiger partial charge < -0.3 is 14.5 Å². The van der Waals surface area contributed by atoms with Gasteiger partial charge in [0.15, 0.2) is 5.82 Å². The van der Waals surface area contributed by atoms with Crippen LogP contribution in [0.1, 0.15) is 28.8 Å². The summed E-state index contributed by atoms with van der Waals surface area (Å²) in [4.78, 5) is 25.0. The Hall–Kier alpha value is -3.14. The van der Waals surface area contributed by atoms with Crippen molar-refractivity contribution in [3.05, 3.63) is 47.8 Å². The average Bonchev–Trinajstić information content (AvgIpc) is 2.68. The van der Waals surface area contributed by atoms with Crippen LogP contribution in [-0.4, -0.2) is 54.1 Å². The predicted octanol–water partition coefficient (Wildman–Crippen LogP) is 2.10. The van der Waals surface area contributed by atoms with Gasteiger partial charge in [0.25, 0.3) is 11.8 Å². The molecule has 0 unspecified atom stereocenters. The van der Waals surface area contributed by atoms with E-state index < -0.39 is 0 Å². The summed E-state index contributed by atoms with van der Waals surface area (Å²) in [5.74, 6) is 1.06. The summed E-state index contributed by atoms with van der Waals surface area (Å²) in [6.07, 6.45) is 4.79. The lowest BCUT2D eigenvalue weighted by atomic mass is 10.1. The third-order valence-corrected chi connectivity index (χ3v) is 4.25. The van der Waals surface area contributed by atoms with E-state index in [4.69, 9.17) is 10.00 Å². The zero-order valence-electron chi connectivity index (χ0n) is 14.9. The fraction of sp³-hybridized carbons (Fsp3) is 0.368. The molecule has 1 aromatic carbocycles. The molecule has 3 rings (SSSR count). The number of piperidine rings is 1. The topological polar surface area (TPSA) is 82.3 Å². The van der Waals surface area contributed by atoms with Gasteiger partial charge in [0, 0.05) is 38.6 Å². The lowest BCUT2D eigenvalue weighted by molar-refractivity contribution is 0.0528. The van der Waals surface area contributed by atoms with Gasteiger partial charge in [-0.05, 0) is 31.0 Å². The predicted molar refractivity (Wildman–Crippen MR) is 97.1 cm³/mol. The Morgan fingerprint density at radius 1 is 1.35 bits per heavy atom. The summed E-state index contributed by atoms with van der Waals surface area (Å²) in [6, 6.07) is 8.85. The average molecular weight is 351 g/mol. The Kier molecular flexibility index (Phi) is 5.32. The van der Waals surface area contributed by atoms with Crippen molar-refractivity contribution >= 4 is 11.7 Å². The highest BCUT2D eigenvalue weighted by molar-refractivity contribution is 5.94. The van der Waals surface area contributed by atoms with E-state index in [0.717, 1.165) is 12.8 Å². The third kappa shape index (κ3) is 3.91. The Balaban J connectivity index is 1.71. The van der Waals surface area contributed by atoms with Crippen molar-refractivity contribution in [1.29, 1.82) is 5.26 Å². The molecule has 0 saturated carbocycles. The van der Waals surface area contributed by atoms with Crippen LogP contribution in [0, 0.1) is 11.3 Å². The Labute approximate surface area is 152 Å². The van der Waals surface area contributed by atoms with E-state index in [0.29, 0.717) is 35.9 Å². The summed E-state index contributed by atoms with van der Waals surface area (Å²) >= 11 is 0. The van der Waals surface area contributed by atoms with Crippen molar-refractivity contribution in [2.75, 3.05) is 32.1 Å². The first-order chi connectivity index (χ1) is 12.6. The summed E-state index contributed by atoms with van der Waals surface area (Å²) in [5, 5.41) is 9.02. The van der Waals surface area contributed by atoms with Crippen molar-refractivity contribution in [1.82, 2.24) is 14.9 Å². The van der Waals surface area contributed by atoms with Crippen LogP contribution in [0.5, 0.6) is 5.88 Å². The SMILES string of the molecule is CN(C)c1nccnc1O[C@@H]1CCCN(C(=O)c2cccc(C#N)c2)C1. The Morgan fingerprint density at radius 2 is 2.15 bits per heavy atom. The standard InChI is InChI=1S/C19H21N5O2/c1-23(2)17-18(22-9-8-21-17)26-16-7-4-10-24(13-16)19(25)15-6-3-5-14(11-15)12-20/h3,5-6,8-9,11,16H,4,7,10,13H2,1-2H3/t16-/m1/s1. The van der Waals surface area contributed by atoms with Crippen LogP contribution in [0.15, 0.2) is 36.7 Å². The summed E-state index contributed by atoms with van der Waals surface area (Å²) < 4.78 is 6.05. The molecule has 2 heterocycles. The highest BCUT2D eigenvalue weighted by Crippen LogP contribution is 2.24. The monoisotopic (exact) mass is 351 g/mol. The van der Waals surface area contributed by atoms with Crippen LogP contribution in [0.25, 0.3) is 0 Å². The smallest absolute Gasteiger partial charge is 0.257 e. The van der Waals surface area contributed by atoms with Gasteiger partial charge in [0.2, 0.25) is 0 Å². The summed E-state index contributed by atoms with van der Waals surface area (Å²) in [7, 11) is 3.77. The zero-order chi connectivity index (χ0) is 18.5. The van der Waals surface area contributed by atoms with Crippen LogP contribution in [-0.2, 0) is 0 Å². The van der Waals surface area contributed by atoms with E-state index in [1.165, 1.54) is 0 Å². The molecule has 0 aliphatic carbocycles. The van der Waals surface area contributed by atoms with Gasteiger partial charge in [0.1, 0.15) is 6.10 Å². The highest BCUT2D eigenvalue weighted by atomic mass is 16.5. The second-order valence-electron chi connectivity index (χ2n) is 6.41. The van der Waals surface area contributed by atoms with Crippen molar-refractivity contribution in [3.8, 4) is 11.9 Å². The molecule has 1 aromatic heterocycles. The van der Waals surface area contributed by atoms with Crippen molar-refractivity contribution in [2.45, 2.75) is 18.9 Å². The first-order valence-electron chi connectivity index (χ1n) is 8.53. The molecule has 0 N–H and O–H groups in total. The van der Waals surface area contributed by atoms with E-state index in [-0.39, 0.29) is 12.0 Å². The van der Waals surface area contributed by atoms with E-state index in [2.05, 4.69) is 16.0 Å². The van der Waals surface area contributed by atoms with Gasteiger partial charge >= 0.3 is 0 Å². The van der Waals surface area contributed by atoms with E-state index in [1.54, 1.807) is 41.6 Å². The van der Waals surface area contributed by atoms with Gasteiger partial charge in [-0.25, -0.2) is 9.97 Å². The Bertz CT molecular complexity index is 831. The molecule has 1 saturated heterocycles. The number of anilines is 1. The number of aromatic nitrogens is 2. The van der Waals surface area contributed by atoms with E-state index >= 15 is 0 Å². The van der Waals surface area contributed by atoms with Gasteiger partial charge in [-0.3, -0.25) is 4.79 Å². The minimum absolute atomic E-state index is 0.0811. The maximum atomic E-state index is 12.8. The Morgan fingerprint density at radius 3 is 2.92 bits per heavy atom. The normalized spacial score (nSPS) is 16.7. The maximum absolute atomic E-state index is 12.8. The number of likely N-dealkylation sites (tertiary alicyclic amines) is 1. The summed E-state index contributed by atoms with van der Waals surface area (Å²) in [6.45, 7) is 1.16. The van der Waals surface area contributed by atoms with Crippen LogP contribution >= 0.6 is 0 Å². The first-order valence-corrected chi connectivity index (χ1v) is 8.53. The minimum atomic E-state index is -0.137. The molecule has 7 nitrogen and oxygen atoms in total. The van der Waals surface area contributed by atoms with E-state index in [1.807, 2.05) is 19.0 Å². The molecule has 1 atom stereocenters. The third-order valence-electron chi connectivity index (χ3n) is 4.25. The lowest BCUT2D eigenvalue weighted by Gasteiger charge is -2.33. The number of rotatable bonds is 4. The largest absolute Gasteiger partial charge is 0.470 e. The highest BCUT2D eigenvalue weighted by Gasteiger charge is 2.27. The molecule has 1 aliphatic rings. The zero-order valence-corrected chi connectivity index (χ0v) is 14.9.